The van der Waals surface area contributed by atoms with Gasteiger partial charge in [0.2, 0.25) is 11.8 Å². The number of benzene rings is 1. The fourth-order valence-corrected chi connectivity index (χ4v) is 3.92. The molecule has 1 aliphatic rings. The van der Waals surface area contributed by atoms with Crippen molar-refractivity contribution in [3.8, 4) is 11.1 Å². The Morgan fingerprint density at radius 3 is 2.80 bits per heavy atom. The molecule has 1 fully saturated rings. The summed E-state index contributed by atoms with van der Waals surface area (Å²) in [6.07, 6.45) is 5.46. The van der Waals surface area contributed by atoms with E-state index in [1.165, 1.54) is 12.3 Å². The van der Waals surface area contributed by atoms with Crippen molar-refractivity contribution in [3.05, 3.63) is 59.8 Å². The Morgan fingerprint density at radius 2 is 2.10 bits per heavy atom. The van der Waals surface area contributed by atoms with Crippen molar-refractivity contribution >= 4 is 11.7 Å². The summed E-state index contributed by atoms with van der Waals surface area (Å²) in [5.41, 5.74) is 3.08. The van der Waals surface area contributed by atoms with Crippen LogP contribution in [0.4, 0.5) is 14.9 Å². The van der Waals surface area contributed by atoms with Crippen molar-refractivity contribution < 1.29 is 13.6 Å². The van der Waals surface area contributed by atoms with Gasteiger partial charge in [-0.05, 0) is 49.1 Å². The molecule has 2 atom stereocenters. The van der Waals surface area contributed by atoms with Crippen molar-refractivity contribution in [2.24, 2.45) is 0 Å². The molecule has 8 heteroatoms. The Morgan fingerprint density at radius 1 is 1.27 bits per heavy atom. The largest absolute Gasteiger partial charge is 0.423 e. The lowest BCUT2D eigenvalue weighted by Gasteiger charge is -2.46. The molecule has 1 saturated heterocycles. The van der Waals surface area contributed by atoms with Crippen LogP contribution in [0.25, 0.3) is 11.1 Å². The van der Waals surface area contributed by atoms with Gasteiger partial charge in [0.05, 0.1) is 6.20 Å². The van der Waals surface area contributed by atoms with Crippen LogP contribution in [-0.2, 0) is 0 Å². The Kier molecular flexibility index (Phi) is 5.48. The van der Waals surface area contributed by atoms with E-state index in [1.807, 2.05) is 25.1 Å². The topological polar surface area (TPSA) is 84.2 Å². The van der Waals surface area contributed by atoms with Gasteiger partial charge in [-0.3, -0.25) is 4.98 Å². The van der Waals surface area contributed by atoms with Gasteiger partial charge in [0.1, 0.15) is 11.9 Å². The second-order valence-corrected chi connectivity index (χ2v) is 7.61. The molecule has 0 spiro atoms. The van der Waals surface area contributed by atoms with E-state index in [0.717, 1.165) is 30.4 Å². The van der Waals surface area contributed by atoms with Crippen LogP contribution >= 0.6 is 0 Å². The summed E-state index contributed by atoms with van der Waals surface area (Å²) in [4.78, 5) is 18.8. The first-order chi connectivity index (χ1) is 14.5. The highest BCUT2D eigenvalue weighted by Gasteiger charge is 2.44. The van der Waals surface area contributed by atoms with E-state index in [0.29, 0.717) is 23.0 Å². The van der Waals surface area contributed by atoms with Crippen molar-refractivity contribution in [1.29, 1.82) is 0 Å². The average molecular weight is 409 g/mol. The predicted molar refractivity (Wildman–Crippen MR) is 110 cm³/mol. The standard InChI is InChI=1S/C22H24FN5O2/c1-4-5-18-10-20(21-27-26-14(3)30-21)28(18)22(29)25-17-7-6-13(2)19(9-17)15-8-16(23)12-24-11-15/h6-9,11-12,18,20H,4-5,10H2,1-3H3,(H,25,29). The summed E-state index contributed by atoms with van der Waals surface area (Å²) in [6.45, 7) is 5.77. The first-order valence-corrected chi connectivity index (χ1v) is 10.1. The molecule has 1 aromatic carbocycles. The number of carbonyl (C=O) groups excluding carboxylic acids is 1. The molecule has 3 aromatic rings. The predicted octanol–water partition coefficient (Wildman–Crippen LogP) is 5.04. The zero-order valence-electron chi connectivity index (χ0n) is 17.2. The molecule has 0 aliphatic carbocycles. The van der Waals surface area contributed by atoms with Crippen molar-refractivity contribution in [3.63, 3.8) is 0 Å². The summed E-state index contributed by atoms with van der Waals surface area (Å²) < 4.78 is 19.2. The number of anilines is 1. The molecule has 0 radical (unpaired) electrons. The zero-order chi connectivity index (χ0) is 21.3. The summed E-state index contributed by atoms with van der Waals surface area (Å²) in [5.74, 6) is 0.545. The molecule has 2 unspecified atom stereocenters. The Bertz CT molecular complexity index is 1070. The minimum Gasteiger partial charge on any atom is -0.423 e. The van der Waals surface area contributed by atoms with E-state index in [4.69, 9.17) is 4.42 Å². The van der Waals surface area contributed by atoms with E-state index < -0.39 is 5.82 Å². The summed E-state index contributed by atoms with van der Waals surface area (Å²) >= 11 is 0. The number of hydrogen-bond acceptors (Lipinski definition) is 5. The second kappa shape index (κ2) is 8.22. The third-order valence-electron chi connectivity index (χ3n) is 5.41. The fourth-order valence-electron chi connectivity index (χ4n) is 3.92. The third kappa shape index (κ3) is 3.90. The maximum atomic E-state index is 13.6. The van der Waals surface area contributed by atoms with E-state index in [2.05, 4.69) is 27.4 Å². The van der Waals surface area contributed by atoms with Crippen LogP contribution in [0.2, 0.25) is 0 Å². The van der Waals surface area contributed by atoms with Gasteiger partial charge in [0.15, 0.2) is 0 Å². The van der Waals surface area contributed by atoms with Crippen molar-refractivity contribution in [1.82, 2.24) is 20.1 Å². The first kappa shape index (κ1) is 20.0. The van der Waals surface area contributed by atoms with Crippen LogP contribution in [0.3, 0.4) is 0 Å². The van der Waals surface area contributed by atoms with Crippen LogP contribution in [-0.4, -0.2) is 32.2 Å². The van der Waals surface area contributed by atoms with Crippen LogP contribution < -0.4 is 5.32 Å². The molecule has 156 valence electrons. The lowest BCUT2D eigenvalue weighted by Crippen LogP contribution is -2.54. The molecule has 4 rings (SSSR count). The van der Waals surface area contributed by atoms with Gasteiger partial charge in [-0.25, -0.2) is 9.18 Å². The number of rotatable bonds is 5. The molecule has 2 aromatic heterocycles. The number of nitrogens with one attached hydrogen (secondary N) is 1. The highest BCUT2D eigenvalue weighted by molar-refractivity contribution is 5.91. The second-order valence-electron chi connectivity index (χ2n) is 7.61. The summed E-state index contributed by atoms with van der Waals surface area (Å²) in [7, 11) is 0. The molecular weight excluding hydrogens is 385 g/mol. The monoisotopic (exact) mass is 409 g/mol. The molecule has 2 amide bonds. The zero-order valence-corrected chi connectivity index (χ0v) is 17.2. The lowest BCUT2D eigenvalue weighted by molar-refractivity contribution is 0.0377. The number of amides is 2. The molecule has 30 heavy (non-hydrogen) atoms. The average Bonchev–Trinajstić information content (AvgIpc) is 3.11. The SMILES string of the molecule is CCCC1CC(c2nnc(C)o2)N1C(=O)Nc1ccc(C)c(-c2cncc(F)c2)c1. The van der Waals surface area contributed by atoms with Gasteiger partial charge < -0.3 is 14.6 Å². The van der Waals surface area contributed by atoms with Gasteiger partial charge >= 0.3 is 6.03 Å². The molecule has 1 N–H and O–H groups in total. The van der Waals surface area contributed by atoms with Crippen molar-refractivity contribution in [2.45, 2.75) is 52.1 Å². The van der Waals surface area contributed by atoms with E-state index in [9.17, 15) is 9.18 Å². The minimum atomic E-state index is -0.401. The first-order valence-electron chi connectivity index (χ1n) is 10.1. The number of aryl methyl sites for hydroxylation is 2. The molecule has 0 saturated carbocycles. The highest BCUT2D eigenvalue weighted by atomic mass is 19.1. The molecule has 3 heterocycles. The van der Waals surface area contributed by atoms with Crippen LogP contribution in [0.5, 0.6) is 0 Å². The number of hydrogen-bond donors (Lipinski definition) is 1. The fraction of sp³-hybridized carbons (Fsp3) is 0.364. The molecule has 7 nitrogen and oxygen atoms in total. The maximum Gasteiger partial charge on any atom is 0.322 e. The Balaban J connectivity index is 1.56. The van der Waals surface area contributed by atoms with Crippen molar-refractivity contribution in [2.75, 3.05) is 5.32 Å². The van der Waals surface area contributed by atoms with Gasteiger partial charge in [-0.1, -0.05) is 19.4 Å². The smallest absolute Gasteiger partial charge is 0.322 e. The third-order valence-corrected chi connectivity index (χ3v) is 5.41. The minimum absolute atomic E-state index is 0.129. The van der Waals surface area contributed by atoms with Gasteiger partial charge in [-0.15, -0.1) is 10.2 Å². The molecule has 1 aliphatic heterocycles. The summed E-state index contributed by atoms with van der Waals surface area (Å²) in [5, 5.41) is 11.0. The number of pyridine rings is 1. The Labute approximate surface area is 174 Å². The number of halogens is 1. The van der Waals surface area contributed by atoms with E-state index >= 15 is 0 Å². The highest BCUT2D eigenvalue weighted by Crippen LogP contribution is 2.40. The number of carbonyl (C=O) groups is 1. The summed E-state index contributed by atoms with van der Waals surface area (Å²) in [6, 6.07) is 6.70. The van der Waals surface area contributed by atoms with Crippen LogP contribution in [0.1, 0.15) is 49.6 Å². The lowest BCUT2D eigenvalue weighted by atomic mass is 9.90. The number of likely N-dealkylation sites (tertiary alicyclic amines) is 1. The van der Waals surface area contributed by atoms with Crippen LogP contribution in [0.15, 0.2) is 41.1 Å². The quantitative estimate of drug-likeness (QED) is 0.638. The molecular formula is C22H24FN5O2. The van der Waals surface area contributed by atoms with Gasteiger partial charge in [0, 0.05) is 30.4 Å². The number of aromatic nitrogens is 3. The van der Waals surface area contributed by atoms with E-state index in [-0.39, 0.29) is 18.1 Å². The van der Waals surface area contributed by atoms with Gasteiger partial charge in [0.25, 0.3) is 0 Å². The maximum absolute atomic E-state index is 13.6. The molecule has 0 bridgehead atoms. The van der Waals surface area contributed by atoms with E-state index in [1.54, 1.807) is 18.0 Å². The van der Waals surface area contributed by atoms with Crippen LogP contribution in [0, 0.1) is 19.7 Å². The number of urea groups is 1. The number of nitrogens with zero attached hydrogens (tertiary/aromatic N) is 4. The Hall–Kier alpha value is -3.29. The van der Waals surface area contributed by atoms with Gasteiger partial charge in [-0.2, -0.15) is 0 Å². The normalized spacial score (nSPS) is 18.2.